The van der Waals surface area contributed by atoms with Gasteiger partial charge in [-0.3, -0.25) is 0 Å². The lowest BCUT2D eigenvalue weighted by Crippen LogP contribution is -2.42. The molecule has 2 aliphatic rings. The fourth-order valence-electron chi connectivity index (χ4n) is 3.44. The van der Waals surface area contributed by atoms with Crippen LogP contribution in [0.5, 0.6) is 0 Å². The SMILES string of the molecule is CC(C)(c1nnc2n1CCCC2)C1CCCNC1. The molecule has 1 unspecified atom stereocenters. The summed E-state index contributed by atoms with van der Waals surface area (Å²) in [7, 11) is 0. The Labute approximate surface area is 109 Å². The Hall–Kier alpha value is -0.900. The summed E-state index contributed by atoms with van der Waals surface area (Å²) in [4.78, 5) is 0. The Balaban J connectivity index is 1.90. The second-order valence-electron chi connectivity index (χ2n) is 6.31. The van der Waals surface area contributed by atoms with Crippen LogP contribution in [0.2, 0.25) is 0 Å². The second kappa shape index (κ2) is 4.65. The summed E-state index contributed by atoms with van der Waals surface area (Å²) < 4.78 is 2.39. The first kappa shape index (κ1) is 12.2. The van der Waals surface area contributed by atoms with Gasteiger partial charge in [-0.15, -0.1) is 10.2 Å². The van der Waals surface area contributed by atoms with Crippen molar-refractivity contribution in [1.82, 2.24) is 20.1 Å². The van der Waals surface area contributed by atoms with Gasteiger partial charge in [0.05, 0.1) is 0 Å². The largest absolute Gasteiger partial charge is 0.316 e. The van der Waals surface area contributed by atoms with E-state index in [9.17, 15) is 0 Å². The molecule has 0 aromatic carbocycles. The lowest BCUT2D eigenvalue weighted by atomic mass is 9.74. The molecule has 0 aliphatic carbocycles. The van der Waals surface area contributed by atoms with Gasteiger partial charge in [-0.2, -0.15) is 0 Å². The van der Waals surface area contributed by atoms with Gasteiger partial charge in [0.15, 0.2) is 0 Å². The molecule has 1 saturated heterocycles. The molecule has 1 N–H and O–H groups in total. The van der Waals surface area contributed by atoms with Crippen LogP contribution in [-0.4, -0.2) is 27.9 Å². The van der Waals surface area contributed by atoms with Gasteiger partial charge in [0.25, 0.3) is 0 Å². The molecule has 0 radical (unpaired) electrons. The maximum absolute atomic E-state index is 4.53. The summed E-state index contributed by atoms with van der Waals surface area (Å²) in [6.07, 6.45) is 6.24. The standard InChI is InChI=1S/C14H24N4/c1-14(2,11-6-5-8-15-10-11)13-17-16-12-7-3-4-9-18(12)13/h11,15H,3-10H2,1-2H3. The predicted octanol–water partition coefficient (Wildman–Crippen LogP) is 1.89. The number of aromatic nitrogens is 3. The van der Waals surface area contributed by atoms with E-state index >= 15 is 0 Å². The topological polar surface area (TPSA) is 42.7 Å². The normalized spacial score (nSPS) is 24.9. The van der Waals surface area contributed by atoms with Gasteiger partial charge >= 0.3 is 0 Å². The summed E-state index contributed by atoms with van der Waals surface area (Å²) in [5, 5.41) is 12.5. The number of aryl methyl sites for hydroxylation is 1. The summed E-state index contributed by atoms with van der Waals surface area (Å²) in [6, 6.07) is 0. The van der Waals surface area contributed by atoms with E-state index in [2.05, 4.69) is 33.9 Å². The Kier molecular flexibility index (Phi) is 3.14. The van der Waals surface area contributed by atoms with E-state index in [0.29, 0.717) is 5.92 Å². The molecule has 4 heteroatoms. The van der Waals surface area contributed by atoms with Gasteiger partial charge in [-0.1, -0.05) is 13.8 Å². The number of nitrogens with one attached hydrogen (secondary N) is 1. The minimum absolute atomic E-state index is 0.135. The van der Waals surface area contributed by atoms with Gasteiger partial charge in [-0.05, 0) is 44.7 Å². The number of piperidine rings is 1. The van der Waals surface area contributed by atoms with Crippen LogP contribution in [0.3, 0.4) is 0 Å². The fourth-order valence-corrected chi connectivity index (χ4v) is 3.44. The third-order valence-corrected chi connectivity index (χ3v) is 4.75. The van der Waals surface area contributed by atoms with E-state index in [1.807, 2.05) is 0 Å². The first-order valence-corrected chi connectivity index (χ1v) is 7.33. The van der Waals surface area contributed by atoms with Crippen molar-refractivity contribution in [2.75, 3.05) is 13.1 Å². The van der Waals surface area contributed by atoms with Crippen LogP contribution in [-0.2, 0) is 18.4 Å². The summed E-state index contributed by atoms with van der Waals surface area (Å²) in [5.41, 5.74) is 0.135. The monoisotopic (exact) mass is 248 g/mol. The smallest absolute Gasteiger partial charge is 0.139 e. The van der Waals surface area contributed by atoms with Gasteiger partial charge in [0.2, 0.25) is 0 Å². The quantitative estimate of drug-likeness (QED) is 0.869. The second-order valence-corrected chi connectivity index (χ2v) is 6.31. The molecule has 0 amide bonds. The molecule has 0 saturated carbocycles. The van der Waals surface area contributed by atoms with E-state index < -0.39 is 0 Å². The Bertz CT molecular complexity index is 415. The zero-order valence-electron chi connectivity index (χ0n) is 11.6. The predicted molar refractivity (Wildman–Crippen MR) is 71.6 cm³/mol. The minimum atomic E-state index is 0.135. The van der Waals surface area contributed by atoms with Crippen LogP contribution in [0, 0.1) is 5.92 Å². The molecule has 0 spiro atoms. The molecule has 3 rings (SSSR count). The lowest BCUT2D eigenvalue weighted by Gasteiger charge is -2.37. The molecule has 3 heterocycles. The van der Waals surface area contributed by atoms with Crippen LogP contribution in [0.1, 0.15) is 51.2 Å². The first-order chi connectivity index (χ1) is 8.69. The van der Waals surface area contributed by atoms with Gasteiger partial charge < -0.3 is 9.88 Å². The maximum Gasteiger partial charge on any atom is 0.139 e. The lowest BCUT2D eigenvalue weighted by molar-refractivity contribution is 0.233. The van der Waals surface area contributed by atoms with Crippen molar-refractivity contribution >= 4 is 0 Å². The third-order valence-electron chi connectivity index (χ3n) is 4.75. The highest BCUT2D eigenvalue weighted by Gasteiger charge is 2.37. The zero-order chi connectivity index (χ0) is 12.6. The minimum Gasteiger partial charge on any atom is -0.316 e. The van der Waals surface area contributed by atoms with Gasteiger partial charge in [0, 0.05) is 18.4 Å². The van der Waals surface area contributed by atoms with Crippen molar-refractivity contribution in [3.05, 3.63) is 11.6 Å². The van der Waals surface area contributed by atoms with Crippen LogP contribution in [0.25, 0.3) is 0 Å². The van der Waals surface area contributed by atoms with E-state index in [4.69, 9.17) is 0 Å². The van der Waals surface area contributed by atoms with Gasteiger partial charge in [-0.25, -0.2) is 0 Å². The summed E-state index contributed by atoms with van der Waals surface area (Å²) in [6.45, 7) is 8.09. The molecule has 0 bridgehead atoms. The van der Waals surface area contributed by atoms with Crippen LogP contribution >= 0.6 is 0 Å². The molecule has 4 nitrogen and oxygen atoms in total. The van der Waals surface area contributed by atoms with Crippen LogP contribution in [0.4, 0.5) is 0 Å². The summed E-state index contributed by atoms with van der Waals surface area (Å²) in [5.74, 6) is 3.10. The van der Waals surface area contributed by atoms with Crippen molar-refractivity contribution in [3.8, 4) is 0 Å². The summed E-state index contributed by atoms with van der Waals surface area (Å²) >= 11 is 0. The number of hydrogen-bond acceptors (Lipinski definition) is 3. The van der Waals surface area contributed by atoms with Crippen molar-refractivity contribution in [2.45, 2.75) is 57.9 Å². The fraction of sp³-hybridized carbons (Fsp3) is 0.857. The third kappa shape index (κ3) is 1.96. The van der Waals surface area contributed by atoms with Crippen molar-refractivity contribution < 1.29 is 0 Å². The zero-order valence-corrected chi connectivity index (χ0v) is 11.6. The van der Waals surface area contributed by atoms with Crippen molar-refractivity contribution in [3.63, 3.8) is 0 Å². The Morgan fingerprint density at radius 3 is 2.89 bits per heavy atom. The molecule has 1 atom stereocenters. The average molecular weight is 248 g/mol. The molecular weight excluding hydrogens is 224 g/mol. The van der Waals surface area contributed by atoms with Crippen LogP contribution in [0.15, 0.2) is 0 Å². The van der Waals surface area contributed by atoms with Crippen molar-refractivity contribution in [2.24, 2.45) is 5.92 Å². The number of rotatable bonds is 2. The Morgan fingerprint density at radius 2 is 2.11 bits per heavy atom. The molecule has 18 heavy (non-hydrogen) atoms. The molecule has 100 valence electrons. The van der Waals surface area contributed by atoms with E-state index in [-0.39, 0.29) is 5.41 Å². The van der Waals surface area contributed by atoms with E-state index in [0.717, 1.165) is 19.5 Å². The Morgan fingerprint density at radius 1 is 1.22 bits per heavy atom. The molecule has 1 aromatic rings. The number of nitrogens with zero attached hydrogens (tertiary/aromatic N) is 3. The molecule has 1 aromatic heterocycles. The highest BCUT2D eigenvalue weighted by molar-refractivity contribution is 5.12. The van der Waals surface area contributed by atoms with E-state index in [1.54, 1.807) is 0 Å². The van der Waals surface area contributed by atoms with Crippen molar-refractivity contribution in [1.29, 1.82) is 0 Å². The maximum atomic E-state index is 4.53. The van der Waals surface area contributed by atoms with Crippen LogP contribution < -0.4 is 5.32 Å². The van der Waals surface area contributed by atoms with Gasteiger partial charge in [0.1, 0.15) is 11.6 Å². The number of fused-ring (bicyclic) bond motifs is 1. The molecular formula is C14H24N4. The number of hydrogen-bond donors (Lipinski definition) is 1. The molecule has 2 aliphatic heterocycles. The first-order valence-electron chi connectivity index (χ1n) is 7.33. The molecule has 1 fully saturated rings. The van der Waals surface area contributed by atoms with E-state index in [1.165, 1.54) is 43.9 Å². The average Bonchev–Trinajstić information content (AvgIpc) is 2.84. The highest BCUT2D eigenvalue weighted by atomic mass is 15.3. The highest BCUT2D eigenvalue weighted by Crippen LogP contribution is 2.35.